The molecule has 0 amide bonds. The largest absolute Gasteiger partial charge is 0.465 e. The summed E-state index contributed by atoms with van der Waals surface area (Å²) in [5, 5.41) is 0. The molecule has 148 valence electrons. The molecule has 1 heterocycles. The first kappa shape index (κ1) is 20.2. The molecule has 0 bridgehead atoms. The summed E-state index contributed by atoms with van der Waals surface area (Å²) >= 11 is 0. The molecule has 28 heavy (non-hydrogen) atoms. The van der Waals surface area contributed by atoms with Gasteiger partial charge in [0, 0.05) is 24.6 Å². The first-order valence-electron chi connectivity index (χ1n) is 8.82. The number of esters is 1. The zero-order valence-corrected chi connectivity index (χ0v) is 16.1. The van der Waals surface area contributed by atoms with E-state index in [1.807, 2.05) is 0 Å². The van der Waals surface area contributed by atoms with Gasteiger partial charge < -0.3 is 4.74 Å². The number of hydrogen-bond donors (Lipinski definition) is 0. The maximum absolute atomic E-state index is 13.0. The molecule has 1 fully saturated rings. The van der Waals surface area contributed by atoms with Crippen LogP contribution < -0.4 is 0 Å². The van der Waals surface area contributed by atoms with Gasteiger partial charge in [-0.05, 0) is 49.2 Å². The minimum Gasteiger partial charge on any atom is -0.465 e. The van der Waals surface area contributed by atoms with Crippen LogP contribution in [0.15, 0.2) is 53.4 Å². The van der Waals surface area contributed by atoms with Gasteiger partial charge in [0.15, 0.2) is 5.78 Å². The maximum Gasteiger partial charge on any atom is 0.339 e. The Bertz CT molecular complexity index is 980. The Morgan fingerprint density at radius 3 is 2.25 bits per heavy atom. The molecule has 0 N–H and O–H groups in total. The highest BCUT2D eigenvalue weighted by molar-refractivity contribution is 7.89. The third-order valence-electron chi connectivity index (χ3n) is 4.86. The van der Waals surface area contributed by atoms with E-state index in [0.29, 0.717) is 18.4 Å². The van der Waals surface area contributed by atoms with E-state index in [0.717, 1.165) is 0 Å². The Morgan fingerprint density at radius 2 is 1.64 bits per heavy atom. The topological polar surface area (TPSA) is 80.8 Å². The van der Waals surface area contributed by atoms with Crippen LogP contribution in [0, 0.1) is 11.7 Å². The van der Waals surface area contributed by atoms with Crippen LogP contribution in [0.3, 0.4) is 0 Å². The van der Waals surface area contributed by atoms with Crippen molar-refractivity contribution in [3.63, 3.8) is 0 Å². The molecule has 1 saturated heterocycles. The van der Waals surface area contributed by atoms with E-state index in [1.54, 1.807) is 12.1 Å². The molecule has 1 aliphatic rings. The average molecular weight is 405 g/mol. The first-order chi connectivity index (χ1) is 13.3. The fourth-order valence-electron chi connectivity index (χ4n) is 3.32. The summed E-state index contributed by atoms with van der Waals surface area (Å²) < 4.78 is 45.0. The van der Waals surface area contributed by atoms with Gasteiger partial charge in [-0.15, -0.1) is 0 Å². The van der Waals surface area contributed by atoms with Crippen molar-refractivity contribution in [1.29, 1.82) is 0 Å². The molecule has 2 aromatic rings. The number of Topliss-reactive ketones (excluding diaryl/α,β-unsaturated/α-hetero) is 1. The summed E-state index contributed by atoms with van der Waals surface area (Å²) in [7, 11) is -2.70. The molecule has 0 aromatic heterocycles. The van der Waals surface area contributed by atoms with Crippen LogP contribution in [0.4, 0.5) is 4.39 Å². The quantitative estimate of drug-likeness (QED) is 0.564. The zero-order valence-electron chi connectivity index (χ0n) is 15.3. The Morgan fingerprint density at radius 1 is 1.04 bits per heavy atom. The summed E-state index contributed by atoms with van der Waals surface area (Å²) in [6.45, 7) is 0.324. The van der Waals surface area contributed by atoms with Gasteiger partial charge in [-0.1, -0.05) is 12.1 Å². The van der Waals surface area contributed by atoms with Gasteiger partial charge >= 0.3 is 5.97 Å². The predicted octanol–water partition coefficient (Wildman–Crippen LogP) is 2.90. The van der Waals surface area contributed by atoms with E-state index in [2.05, 4.69) is 4.74 Å². The van der Waals surface area contributed by atoms with Gasteiger partial charge in [0.25, 0.3) is 0 Å². The van der Waals surface area contributed by atoms with Gasteiger partial charge in [0.05, 0.1) is 17.6 Å². The molecule has 0 saturated carbocycles. The number of carbonyl (C=O) groups excluding carboxylic acids is 2. The van der Waals surface area contributed by atoms with Crippen molar-refractivity contribution < 1.29 is 27.1 Å². The number of ketones is 1. The van der Waals surface area contributed by atoms with Crippen molar-refractivity contribution in [2.24, 2.45) is 5.92 Å². The predicted molar refractivity (Wildman–Crippen MR) is 100.0 cm³/mol. The lowest BCUT2D eigenvalue weighted by molar-refractivity contribution is 0.0596. The highest BCUT2D eigenvalue weighted by atomic mass is 32.2. The Kier molecular flexibility index (Phi) is 5.90. The zero-order chi connectivity index (χ0) is 20.3. The highest BCUT2D eigenvalue weighted by Gasteiger charge is 2.34. The summed E-state index contributed by atoms with van der Waals surface area (Å²) in [5.41, 5.74) is 0.397. The summed E-state index contributed by atoms with van der Waals surface area (Å²) in [4.78, 5) is 24.4. The van der Waals surface area contributed by atoms with Crippen LogP contribution in [0.2, 0.25) is 0 Å². The second kappa shape index (κ2) is 8.20. The lowest BCUT2D eigenvalue weighted by atomic mass is 9.90. The van der Waals surface area contributed by atoms with E-state index in [-0.39, 0.29) is 35.2 Å². The lowest BCUT2D eigenvalue weighted by Gasteiger charge is -2.31. The van der Waals surface area contributed by atoms with Crippen LogP contribution in [0.25, 0.3) is 0 Å². The van der Waals surface area contributed by atoms with E-state index < -0.39 is 21.8 Å². The number of nitrogens with zero attached hydrogens (tertiary/aromatic N) is 1. The smallest absolute Gasteiger partial charge is 0.339 e. The molecule has 6 nitrogen and oxygen atoms in total. The van der Waals surface area contributed by atoms with Crippen molar-refractivity contribution in [2.45, 2.75) is 17.7 Å². The van der Waals surface area contributed by atoms with Crippen molar-refractivity contribution in [3.05, 3.63) is 65.5 Å². The number of methoxy groups -OCH3 is 1. The number of carbonyl (C=O) groups is 2. The van der Waals surface area contributed by atoms with E-state index in [9.17, 15) is 22.4 Å². The fraction of sp³-hybridized carbons (Fsp3) is 0.300. The molecule has 2 aromatic carbocycles. The Hall–Kier alpha value is -2.58. The number of sulfonamides is 1. The molecule has 0 radical (unpaired) electrons. The van der Waals surface area contributed by atoms with Crippen molar-refractivity contribution in [3.8, 4) is 0 Å². The highest BCUT2D eigenvalue weighted by Crippen LogP contribution is 2.28. The van der Waals surface area contributed by atoms with Crippen LogP contribution in [-0.4, -0.2) is 44.7 Å². The second-order valence-electron chi connectivity index (χ2n) is 6.54. The number of piperidine rings is 1. The minimum atomic E-state index is -3.90. The van der Waals surface area contributed by atoms with Crippen LogP contribution in [-0.2, 0) is 14.8 Å². The maximum atomic E-state index is 13.0. The molecular formula is C20H20FNO5S. The van der Waals surface area contributed by atoms with E-state index >= 15 is 0 Å². The molecule has 3 rings (SSSR count). The van der Waals surface area contributed by atoms with Crippen molar-refractivity contribution in [1.82, 2.24) is 4.31 Å². The second-order valence-corrected chi connectivity index (χ2v) is 8.44. The van der Waals surface area contributed by atoms with Gasteiger partial charge in [-0.25, -0.2) is 17.6 Å². The molecule has 0 aliphatic carbocycles. The van der Waals surface area contributed by atoms with Crippen LogP contribution in [0.5, 0.6) is 0 Å². The van der Waals surface area contributed by atoms with Crippen molar-refractivity contribution in [2.75, 3.05) is 20.2 Å². The van der Waals surface area contributed by atoms with Gasteiger partial charge in [0.1, 0.15) is 5.82 Å². The average Bonchev–Trinajstić information content (AvgIpc) is 2.73. The van der Waals surface area contributed by atoms with Crippen LogP contribution >= 0.6 is 0 Å². The molecule has 0 atom stereocenters. The monoisotopic (exact) mass is 405 g/mol. The third kappa shape index (κ3) is 3.98. The van der Waals surface area contributed by atoms with Crippen LogP contribution in [0.1, 0.15) is 33.6 Å². The molecule has 8 heteroatoms. The Labute approximate surface area is 163 Å². The van der Waals surface area contributed by atoms with E-state index in [4.69, 9.17) is 0 Å². The number of ether oxygens (including phenoxy) is 1. The molecule has 0 unspecified atom stereocenters. The number of benzene rings is 2. The first-order valence-corrected chi connectivity index (χ1v) is 10.3. The number of hydrogen-bond acceptors (Lipinski definition) is 5. The van der Waals surface area contributed by atoms with Gasteiger partial charge in [-0.3, -0.25) is 4.79 Å². The fourth-order valence-corrected chi connectivity index (χ4v) is 4.97. The normalized spacial score (nSPS) is 15.9. The number of rotatable bonds is 5. The standard InChI is InChI=1S/C20H20FNO5S/c1-27-20(24)17-4-2-3-5-18(17)28(25,26)22-12-10-15(11-13-22)19(23)14-6-8-16(21)9-7-14/h2-9,15H,10-13H2,1H3. The van der Waals surface area contributed by atoms with Crippen molar-refractivity contribution >= 4 is 21.8 Å². The summed E-state index contributed by atoms with van der Waals surface area (Å²) in [5.74, 6) is -1.58. The van der Waals surface area contributed by atoms with Gasteiger partial charge in [-0.2, -0.15) is 4.31 Å². The lowest BCUT2D eigenvalue weighted by Crippen LogP contribution is -2.40. The SMILES string of the molecule is COC(=O)c1ccccc1S(=O)(=O)N1CCC(C(=O)c2ccc(F)cc2)CC1. The Balaban J connectivity index is 1.75. The molecular weight excluding hydrogens is 385 g/mol. The summed E-state index contributed by atoms with van der Waals surface area (Å²) in [6.07, 6.45) is 0.714. The molecule has 1 aliphatic heterocycles. The third-order valence-corrected chi connectivity index (χ3v) is 6.82. The summed E-state index contributed by atoms with van der Waals surface area (Å²) in [6, 6.07) is 11.2. The van der Waals surface area contributed by atoms with Gasteiger partial charge in [0.2, 0.25) is 10.0 Å². The molecule has 0 spiro atoms. The number of halogens is 1. The minimum absolute atomic E-state index is 0.0190. The van der Waals surface area contributed by atoms with E-state index in [1.165, 1.54) is 47.8 Å².